The van der Waals surface area contributed by atoms with Crippen LogP contribution in [-0.2, 0) is 16.6 Å². The number of amides is 2. The van der Waals surface area contributed by atoms with Gasteiger partial charge >= 0.3 is 6.03 Å². The molecule has 0 unspecified atom stereocenters. The highest BCUT2D eigenvalue weighted by atomic mass is 31.2. The van der Waals surface area contributed by atoms with Gasteiger partial charge in [0.15, 0.2) is 5.75 Å². The minimum absolute atomic E-state index is 0.123. The molecule has 250 valence electrons. The van der Waals surface area contributed by atoms with Crippen molar-refractivity contribution in [1.29, 1.82) is 0 Å². The van der Waals surface area contributed by atoms with Crippen LogP contribution in [0.1, 0.15) is 31.9 Å². The smallest absolute Gasteiger partial charge is 0.323 e. The number of benzene rings is 4. The molecule has 2 amide bonds. The Balaban J connectivity index is 1.40. The Morgan fingerprint density at radius 2 is 1.58 bits per heavy atom. The van der Waals surface area contributed by atoms with Crippen LogP contribution in [0.5, 0.6) is 23.0 Å². The number of carbonyl (C=O) groups is 1. The van der Waals surface area contributed by atoms with Crippen molar-refractivity contribution in [2.45, 2.75) is 32.8 Å². The van der Waals surface area contributed by atoms with E-state index in [2.05, 4.69) is 41.7 Å². The fraction of sp³-hybridized carbons (Fsp3) is 0.243. The van der Waals surface area contributed by atoms with Gasteiger partial charge in [0, 0.05) is 34.8 Å². The second-order valence-electron chi connectivity index (χ2n) is 12.7. The molecule has 0 bridgehead atoms. The van der Waals surface area contributed by atoms with Gasteiger partial charge in [-0.25, -0.2) is 9.78 Å². The normalized spacial score (nSPS) is 11.6. The van der Waals surface area contributed by atoms with Crippen molar-refractivity contribution >= 4 is 52.1 Å². The van der Waals surface area contributed by atoms with Crippen molar-refractivity contribution in [3.05, 3.63) is 96.2 Å². The summed E-state index contributed by atoms with van der Waals surface area (Å²) in [6.07, 6.45) is 1.64. The van der Waals surface area contributed by atoms with E-state index in [9.17, 15) is 14.5 Å². The molecule has 4 N–H and O–H groups in total. The summed E-state index contributed by atoms with van der Waals surface area (Å²) in [5.41, 5.74) is 3.10. The third-order valence-corrected chi connectivity index (χ3v) is 9.21. The molecule has 1 heterocycles. The van der Waals surface area contributed by atoms with Crippen molar-refractivity contribution in [3.8, 4) is 23.0 Å². The van der Waals surface area contributed by atoms with Gasteiger partial charge in [0.1, 0.15) is 30.2 Å². The second kappa shape index (κ2) is 14.0. The highest BCUT2D eigenvalue weighted by Gasteiger charge is 2.26. The van der Waals surface area contributed by atoms with Gasteiger partial charge in [-0.15, -0.1) is 0 Å². The van der Waals surface area contributed by atoms with E-state index >= 15 is 0 Å². The van der Waals surface area contributed by atoms with Crippen LogP contribution < -0.4 is 35.5 Å². The molecule has 48 heavy (non-hydrogen) atoms. The Kier molecular flexibility index (Phi) is 9.98. The van der Waals surface area contributed by atoms with Gasteiger partial charge < -0.3 is 39.8 Å². The Labute approximate surface area is 280 Å². The molecule has 0 spiro atoms. The number of anilines is 4. The number of pyridine rings is 1. The number of fused-ring (bicyclic) bond motifs is 1. The van der Waals surface area contributed by atoms with E-state index in [4.69, 9.17) is 14.2 Å². The zero-order valence-electron chi connectivity index (χ0n) is 28.2. The third kappa shape index (κ3) is 7.90. The minimum atomic E-state index is -2.73. The first-order valence-corrected chi connectivity index (χ1v) is 18.0. The summed E-state index contributed by atoms with van der Waals surface area (Å²) in [5.74, 6) is 2.67. The molecule has 0 fully saturated rings. The number of hydrogen-bond donors (Lipinski definition) is 4. The SMILES string of the molecule is COc1cc(CO)cc(Nc2cc(Oc3ccc(NC(=O)Nc4cc(C(C)(C)C)cc(P(C)(C)=O)c4OC)c4ccccc34)ccn2)c1. The minimum Gasteiger partial charge on any atom is -0.497 e. The predicted molar refractivity (Wildman–Crippen MR) is 194 cm³/mol. The first kappa shape index (κ1) is 34.3. The number of methoxy groups -OCH3 is 2. The first-order valence-electron chi connectivity index (χ1n) is 15.4. The molecular formula is C37H41N4O6P. The maximum Gasteiger partial charge on any atom is 0.323 e. The molecular weight excluding hydrogens is 627 g/mol. The van der Waals surface area contributed by atoms with Crippen LogP contribution in [0.15, 0.2) is 85.1 Å². The van der Waals surface area contributed by atoms with E-state index in [0.717, 1.165) is 16.3 Å². The third-order valence-electron chi connectivity index (χ3n) is 7.72. The number of aliphatic hydroxyl groups excluding tert-OH is 1. The zero-order chi connectivity index (χ0) is 34.6. The first-order chi connectivity index (χ1) is 22.8. The number of rotatable bonds is 10. The lowest BCUT2D eigenvalue weighted by atomic mass is 9.86. The molecule has 0 saturated heterocycles. The Morgan fingerprint density at radius 3 is 2.25 bits per heavy atom. The number of ether oxygens (including phenoxy) is 3. The zero-order valence-corrected chi connectivity index (χ0v) is 29.1. The van der Waals surface area contributed by atoms with Crippen molar-refractivity contribution in [3.63, 3.8) is 0 Å². The predicted octanol–water partition coefficient (Wildman–Crippen LogP) is 8.47. The highest BCUT2D eigenvalue weighted by molar-refractivity contribution is 7.70. The van der Waals surface area contributed by atoms with Crippen LogP contribution in [0, 0.1) is 0 Å². The van der Waals surface area contributed by atoms with Gasteiger partial charge in [0.25, 0.3) is 0 Å². The maximum atomic E-state index is 13.4. The average Bonchev–Trinajstić information content (AvgIpc) is 3.04. The maximum absolute atomic E-state index is 13.4. The lowest BCUT2D eigenvalue weighted by Gasteiger charge is -2.25. The average molecular weight is 669 g/mol. The lowest BCUT2D eigenvalue weighted by Crippen LogP contribution is -2.23. The summed E-state index contributed by atoms with van der Waals surface area (Å²) < 4.78 is 30.6. The van der Waals surface area contributed by atoms with Crippen LogP contribution in [0.25, 0.3) is 10.8 Å². The van der Waals surface area contributed by atoms with E-state index in [1.807, 2.05) is 48.5 Å². The molecule has 0 atom stereocenters. The van der Waals surface area contributed by atoms with Crippen molar-refractivity contribution in [2.75, 3.05) is 43.5 Å². The van der Waals surface area contributed by atoms with Crippen LogP contribution in [0.2, 0.25) is 0 Å². The molecule has 10 nitrogen and oxygen atoms in total. The summed E-state index contributed by atoms with van der Waals surface area (Å²) in [6, 6.07) is 23.4. The van der Waals surface area contributed by atoms with Crippen LogP contribution in [-0.4, -0.2) is 43.7 Å². The van der Waals surface area contributed by atoms with Crippen molar-refractivity contribution in [2.24, 2.45) is 0 Å². The topological polar surface area (TPSA) is 131 Å². The lowest BCUT2D eigenvalue weighted by molar-refractivity contribution is 0.262. The molecule has 4 aromatic carbocycles. The fourth-order valence-electron chi connectivity index (χ4n) is 5.26. The van der Waals surface area contributed by atoms with Crippen LogP contribution in [0.4, 0.5) is 27.7 Å². The summed E-state index contributed by atoms with van der Waals surface area (Å²) in [7, 11) is 0.345. The molecule has 0 aliphatic rings. The van der Waals surface area contributed by atoms with Gasteiger partial charge in [-0.05, 0) is 72.3 Å². The molecule has 5 rings (SSSR count). The van der Waals surface area contributed by atoms with Gasteiger partial charge in [0.05, 0.1) is 37.5 Å². The summed E-state index contributed by atoms with van der Waals surface area (Å²) in [6.45, 7) is 9.44. The van der Waals surface area contributed by atoms with Crippen LogP contribution >= 0.6 is 7.14 Å². The van der Waals surface area contributed by atoms with Gasteiger partial charge in [-0.3, -0.25) is 0 Å². The largest absolute Gasteiger partial charge is 0.497 e. The van der Waals surface area contributed by atoms with E-state index in [0.29, 0.717) is 56.7 Å². The second-order valence-corrected chi connectivity index (χ2v) is 15.9. The number of urea groups is 1. The number of nitrogens with zero attached hydrogens (tertiary/aromatic N) is 1. The number of carbonyl (C=O) groups excluding carboxylic acids is 1. The van der Waals surface area contributed by atoms with E-state index < -0.39 is 13.2 Å². The van der Waals surface area contributed by atoms with Crippen molar-refractivity contribution < 1.29 is 28.7 Å². The summed E-state index contributed by atoms with van der Waals surface area (Å²) >= 11 is 0. The Morgan fingerprint density at radius 1 is 0.854 bits per heavy atom. The molecule has 0 saturated carbocycles. The standard InChI is InChI=1S/C37H41N4O6P/c1-37(2,3)24-18-31(35(46-5)33(19-24)48(6,7)44)41-36(43)40-30-12-13-32(29-11-9-8-10-28(29)30)47-26-14-15-38-34(21-26)39-25-16-23(22-42)17-27(20-25)45-4/h8-21,42H,22H2,1-7H3,(H,38,39)(H2,40,41,43). The van der Waals surface area contributed by atoms with Gasteiger partial charge in [0.2, 0.25) is 0 Å². The fourth-order valence-corrected chi connectivity index (χ4v) is 6.41. The molecule has 0 radical (unpaired) electrons. The van der Waals surface area contributed by atoms with Gasteiger partial charge in [-0.2, -0.15) is 0 Å². The number of hydrogen-bond acceptors (Lipinski definition) is 8. The molecule has 0 aliphatic heterocycles. The van der Waals surface area contributed by atoms with E-state index in [1.54, 1.807) is 57.0 Å². The number of aromatic nitrogens is 1. The van der Waals surface area contributed by atoms with Gasteiger partial charge in [-0.1, -0.05) is 45.0 Å². The number of nitrogens with one attached hydrogen (secondary N) is 3. The Hall–Kier alpha value is -5.05. The molecule has 5 aromatic rings. The molecule has 1 aromatic heterocycles. The molecule has 0 aliphatic carbocycles. The summed E-state index contributed by atoms with van der Waals surface area (Å²) in [5, 5.41) is 20.9. The van der Waals surface area contributed by atoms with Crippen molar-refractivity contribution in [1.82, 2.24) is 4.98 Å². The summed E-state index contributed by atoms with van der Waals surface area (Å²) in [4.78, 5) is 17.9. The highest BCUT2D eigenvalue weighted by Crippen LogP contribution is 2.43. The van der Waals surface area contributed by atoms with E-state index in [-0.39, 0.29) is 12.0 Å². The van der Waals surface area contributed by atoms with Crippen LogP contribution in [0.3, 0.4) is 0 Å². The number of aliphatic hydroxyl groups is 1. The Bertz CT molecular complexity index is 2000. The van der Waals surface area contributed by atoms with E-state index in [1.165, 1.54) is 7.11 Å². The quantitative estimate of drug-likeness (QED) is 0.109. The molecule has 11 heteroatoms. The monoisotopic (exact) mass is 668 g/mol.